The third kappa shape index (κ3) is 4.07. The molecule has 1 rings (SSSR count). The monoisotopic (exact) mass is 289 g/mol. The summed E-state index contributed by atoms with van der Waals surface area (Å²) in [5.41, 5.74) is 1.55. The highest BCUT2D eigenvalue weighted by Gasteiger charge is 2.28. The Hall–Kier alpha value is -1.83. The molecule has 0 saturated carbocycles. The molecule has 0 spiro atoms. The standard InChI is InChI=1S/C17H23NO3/c1-13-14(8-5-6-11-19)9-7-10-15(13)16(21)18(4)17(2,3)12-20/h7,9-10,19-20H,6,11-12H2,1-4H3. The van der Waals surface area contributed by atoms with Crippen molar-refractivity contribution in [1.82, 2.24) is 4.90 Å². The molecule has 0 aliphatic rings. The van der Waals surface area contributed by atoms with Gasteiger partial charge in [0.25, 0.3) is 5.91 Å². The molecule has 0 radical (unpaired) electrons. The maximum absolute atomic E-state index is 12.6. The number of carbonyl (C=O) groups excluding carboxylic acids is 1. The Morgan fingerprint density at radius 2 is 2.00 bits per heavy atom. The fraction of sp³-hybridized carbons (Fsp3) is 0.471. The molecule has 0 aromatic heterocycles. The molecule has 0 unspecified atom stereocenters. The Morgan fingerprint density at radius 3 is 2.57 bits per heavy atom. The summed E-state index contributed by atoms with van der Waals surface area (Å²) in [7, 11) is 1.68. The lowest BCUT2D eigenvalue weighted by Crippen LogP contribution is -2.47. The molecule has 1 aromatic carbocycles. The number of amides is 1. The van der Waals surface area contributed by atoms with Crippen LogP contribution in [-0.2, 0) is 0 Å². The van der Waals surface area contributed by atoms with Crippen molar-refractivity contribution in [2.75, 3.05) is 20.3 Å². The number of carbonyl (C=O) groups is 1. The summed E-state index contributed by atoms with van der Waals surface area (Å²) in [5, 5.41) is 18.1. The van der Waals surface area contributed by atoms with Gasteiger partial charge in [-0.05, 0) is 38.5 Å². The van der Waals surface area contributed by atoms with Gasteiger partial charge in [-0.1, -0.05) is 17.9 Å². The quantitative estimate of drug-likeness (QED) is 0.827. The molecule has 4 nitrogen and oxygen atoms in total. The van der Waals surface area contributed by atoms with Gasteiger partial charge in [0.1, 0.15) is 0 Å². The van der Waals surface area contributed by atoms with Crippen molar-refractivity contribution in [2.24, 2.45) is 0 Å². The van der Waals surface area contributed by atoms with Crippen LogP contribution in [0.1, 0.15) is 41.8 Å². The second kappa shape index (κ2) is 7.26. The number of nitrogens with zero attached hydrogens (tertiary/aromatic N) is 1. The molecule has 0 aliphatic heterocycles. The van der Waals surface area contributed by atoms with E-state index in [0.717, 1.165) is 11.1 Å². The number of hydrogen-bond acceptors (Lipinski definition) is 3. The summed E-state index contributed by atoms with van der Waals surface area (Å²) in [6, 6.07) is 5.41. The fourth-order valence-electron chi connectivity index (χ4n) is 1.78. The Balaban J connectivity index is 3.13. The van der Waals surface area contributed by atoms with Crippen LogP contribution in [0.3, 0.4) is 0 Å². The third-order valence-electron chi connectivity index (χ3n) is 3.62. The molecule has 0 bridgehead atoms. The van der Waals surface area contributed by atoms with Gasteiger partial charge in [0.15, 0.2) is 0 Å². The highest BCUT2D eigenvalue weighted by molar-refractivity contribution is 5.96. The molecule has 0 heterocycles. The summed E-state index contributed by atoms with van der Waals surface area (Å²) < 4.78 is 0. The molecule has 0 aliphatic carbocycles. The molecule has 0 fully saturated rings. The van der Waals surface area contributed by atoms with E-state index in [0.29, 0.717) is 12.0 Å². The maximum Gasteiger partial charge on any atom is 0.254 e. The van der Waals surface area contributed by atoms with E-state index >= 15 is 0 Å². The van der Waals surface area contributed by atoms with Gasteiger partial charge in [-0.15, -0.1) is 0 Å². The molecule has 0 atom stereocenters. The zero-order chi connectivity index (χ0) is 16.0. The first-order chi connectivity index (χ1) is 9.85. The Labute approximate surface area is 126 Å². The average Bonchev–Trinajstić information content (AvgIpc) is 2.47. The van der Waals surface area contributed by atoms with Gasteiger partial charge >= 0.3 is 0 Å². The number of likely N-dealkylation sites (N-methyl/N-ethyl adjacent to an activating group) is 1. The zero-order valence-corrected chi connectivity index (χ0v) is 13.1. The molecular weight excluding hydrogens is 266 g/mol. The van der Waals surface area contributed by atoms with E-state index in [-0.39, 0.29) is 19.1 Å². The topological polar surface area (TPSA) is 60.8 Å². The van der Waals surface area contributed by atoms with Crippen molar-refractivity contribution in [3.63, 3.8) is 0 Å². The van der Waals surface area contributed by atoms with E-state index in [4.69, 9.17) is 5.11 Å². The van der Waals surface area contributed by atoms with Crippen molar-refractivity contribution in [3.8, 4) is 11.8 Å². The maximum atomic E-state index is 12.6. The molecule has 4 heteroatoms. The Morgan fingerprint density at radius 1 is 1.33 bits per heavy atom. The molecule has 2 N–H and O–H groups in total. The molecule has 0 saturated heterocycles. The predicted molar refractivity (Wildman–Crippen MR) is 83.0 cm³/mol. The lowest BCUT2D eigenvalue weighted by atomic mass is 9.98. The van der Waals surface area contributed by atoms with E-state index in [9.17, 15) is 9.90 Å². The van der Waals surface area contributed by atoms with Crippen LogP contribution in [0.15, 0.2) is 18.2 Å². The lowest BCUT2D eigenvalue weighted by Gasteiger charge is -2.34. The van der Waals surface area contributed by atoms with Gasteiger partial charge in [0.05, 0.1) is 18.8 Å². The van der Waals surface area contributed by atoms with Crippen LogP contribution in [0.4, 0.5) is 0 Å². The highest BCUT2D eigenvalue weighted by Crippen LogP contribution is 2.19. The Bertz CT molecular complexity index is 567. The van der Waals surface area contributed by atoms with Gasteiger partial charge in [0.2, 0.25) is 0 Å². The van der Waals surface area contributed by atoms with Gasteiger partial charge in [-0.3, -0.25) is 4.79 Å². The third-order valence-corrected chi connectivity index (χ3v) is 3.62. The minimum absolute atomic E-state index is 0.0259. The predicted octanol–water partition coefficient (Wildman–Crippen LogP) is 1.57. The lowest BCUT2D eigenvalue weighted by molar-refractivity contribution is 0.0472. The minimum atomic E-state index is -0.623. The molecule has 21 heavy (non-hydrogen) atoms. The van der Waals surface area contributed by atoms with Crippen molar-refractivity contribution in [2.45, 2.75) is 32.7 Å². The molecular formula is C17H23NO3. The van der Waals surface area contributed by atoms with Gasteiger partial charge in [0, 0.05) is 24.6 Å². The van der Waals surface area contributed by atoms with E-state index in [1.807, 2.05) is 26.8 Å². The zero-order valence-electron chi connectivity index (χ0n) is 13.1. The second-order valence-electron chi connectivity index (χ2n) is 5.59. The first-order valence-corrected chi connectivity index (χ1v) is 6.93. The number of rotatable bonds is 4. The van der Waals surface area contributed by atoms with Gasteiger partial charge in [-0.2, -0.15) is 0 Å². The molecule has 1 aromatic rings. The van der Waals surface area contributed by atoms with E-state index in [1.165, 1.54) is 0 Å². The second-order valence-corrected chi connectivity index (χ2v) is 5.59. The smallest absolute Gasteiger partial charge is 0.254 e. The first-order valence-electron chi connectivity index (χ1n) is 6.93. The van der Waals surface area contributed by atoms with Crippen molar-refractivity contribution < 1.29 is 15.0 Å². The molecule has 114 valence electrons. The first kappa shape index (κ1) is 17.2. The number of aliphatic hydroxyl groups is 2. The number of hydrogen-bond donors (Lipinski definition) is 2. The normalized spacial score (nSPS) is 10.8. The van der Waals surface area contributed by atoms with Gasteiger partial charge < -0.3 is 15.1 Å². The van der Waals surface area contributed by atoms with Crippen molar-refractivity contribution in [3.05, 3.63) is 34.9 Å². The van der Waals surface area contributed by atoms with Crippen LogP contribution in [0.25, 0.3) is 0 Å². The summed E-state index contributed by atoms with van der Waals surface area (Å²) in [6.45, 7) is 5.40. The largest absolute Gasteiger partial charge is 0.395 e. The van der Waals surface area contributed by atoms with Crippen LogP contribution < -0.4 is 0 Å². The van der Waals surface area contributed by atoms with Crippen LogP contribution in [-0.4, -0.2) is 46.8 Å². The Kier molecular flexibility index (Phi) is 5.95. The molecule has 1 amide bonds. The fourth-order valence-corrected chi connectivity index (χ4v) is 1.78. The number of aliphatic hydroxyl groups excluding tert-OH is 2. The highest BCUT2D eigenvalue weighted by atomic mass is 16.3. The summed E-state index contributed by atoms with van der Waals surface area (Å²) >= 11 is 0. The summed E-state index contributed by atoms with van der Waals surface area (Å²) in [4.78, 5) is 14.1. The number of benzene rings is 1. The van der Waals surface area contributed by atoms with Crippen LogP contribution in [0, 0.1) is 18.8 Å². The van der Waals surface area contributed by atoms with E-state index in [2.05, 4.69) is 11.8 Å². The average molecular weight is 289 g/mol. The van der Waals surface area contributed by atoms with Gasteiger partial charge in [-0.25, -0.2) is 0 Å². The van der Waals surface area contributed by atoms with Crippen molar-refractivity contribution >= 4 is 5.91 Å². The van der Waals surface area contributed by atoms with Crippen LogP contribution >= 0.6 is 0 Å². The summed E-state index contributed by atoms with van der Waals surface area (Å²) in [6.07, 6.45) is 0.412. The van der Waals surface area contributed by atoms with Crippen molar-refractivity contribution in [1.29, 1.82) is 0 Å². The SMILES string of the molecule is Cc1c(C#CCCO)cccc1C(=O)N(C)C(C)(C)CO. The minimum Gasteiger partial charge on any atom is -0.395 e. The summed E-state index contributed by atoms with van der Waals surface area (Å²) in [5.74, 6) is 5.69. The van der Waals surface area contributed by atoms with E-state index in [1.54, 1.807) is 24.1 Å². The van der Waals surface area contributed by atoms with Crippen LogP contribution in [0.2, 0.25) is 0 Å². The van der Waals surface area contributed by atoms with Crippen LogP contribution in [0.5, 0.6) is 0 Å². The van der Waals surface area contributed by atoms with E-state index < -0.39 is 5.54 Å².